The molecule has 0 spiro atoms. The Hall–Kier alpha value is -2.28. The van der Waals surface area contributed by atoms with Crippen LogP contribution in [0.25, 0.3) is 0 Å². The lowest BCUT2D eigenvalue weighted by atomic mass is 10.3. The predicted molar refractivity (Wildman–Crippen MR) is 65.1 cm³/mol. The molecule has 0 saturated heterocycles. The Kier molecular flexibility index (Phi) is 5.13. The molecular formula is C11H10ClNO6. The van der Waals surface area contributed by atoms with Crippen molar-refractivity contribution in [3.63, 3.8) is 0 Å². The van der Waals surface area contributed by atoms with E-state index in [-0.39, 0.29) is 16.5 Å². The molecule has 7 nitrogen and oxygen atoms in total. The van der Waals surface area contributed by atoms with E-state index in [1.807, 2.05) is 0 Å². The predicted octanol–water partition coefficient (Wildman–Crippen LogP) is 1.60. The maximum absolute atomic E-state index is 11.3. The van der Waals surface area contributed by atoms with Crippen molar-refractivity contribution in [2.45, 2.75) is 0 Å². The van der Waals surface area contributed by atoms with Crippen molar-refractivity contribution < 1.29 is 28.6 Å². The first-order valence-electron chi connectivity index (χ1n) is 4.92. The Morgan fingerprint density at radius 2 is 1.84 bits per heavy atom. The molecule has 1 aromatic carbocycles. The van der Waals surface area contributed by atoms with Crippen LogP contribution in [-0.2, 0) is 19.1 Å². The minimum atomic E-state index is -1.05. The van der Waals surface area contributed by atoms with Gasteiger partial charge in [-0.25, -0.2) is 9.59 Å². The molecule has 0 unspecified atom stereocenters. The van der Waals surface area contributed by atoms with Crippen LogP contribution in [0.3, 0.4) is 0 Å². The van der Waals surface area contributed by atoms with Gasteiger partial charge < -0.3 is 19.5 Å². The van der Waals surface area contributed by atoms with E-state index in [0.717, 1.165) is 14.2 Å². The van der Waals surface area contributed by atoms with Crippen molar-refractivity contribution in [1.29, 1.82) is 0 Å². The lowest BCUT2D eigenvalue weighted by Gasteiger charge is -2.08. The molecule has 0 aromatic heterocycles. The molecular weight excluding hydrogens is 278 g/mol. The summed E-state index contributed by atoms with van der Waals surface area (Å²) in [5.41, 5.74) is 0.175. The van der Waals surface area contributed by atoms with Crippen LogP contribution in [0, 0.1) is 0 Å². The molecule has 0 aliphatic rings. The van der Waals surface area contributed by atoms with Gasteiger partial charge in [-0.3, -0.25) is 4.79 Å². The van der Waals surface area contributed by atoms with Crippen LogP contribution in [0.1, 0.15) is 0 Å². The fourth-order valence-corrected chi connectivity index (χ4v) is 1.28. The topological polar surface area (TPSA) is 90.9 Å². The van der Waals surface area contributed by atoms with Crippen molar-refractivity contribution >= 4 is 35.3 Å². The second-order valence-corrected chi connectivity index (χ2v) is 3.55. The fraction of sp³-hybridized carbons (Fsp3) is 0.182. The Bertz CT molecular complexity index is 516. The van der Waals surface area contributed by atoms with Crippen LogP contribution >= 0.6 is 11.6 Å². The quantitative estimate of drug-likeness (QED) is 0.505. The zero-order valence-electron chi connectivity index (χ0n) is 10.1. The van der Waals surface area contributed by atoms with Crippen LogP contribution in [0.5, 0.6) is 5.75 Å². The molecule has 19 heavy (non-hydrogen) atoms. The molecule has 0 bridgehead atoms. The first-order valence-corrected chi connectivity index (χ1v) is 5.30. The number of ether oxygens (including phenoxy) is 3. The number of halogens is 1. The average Bonchev–Trinajstić information content (AvgIpc) is 2.40. The van der Waals surface area contributed by atoms with Crippen molar-refractivity contribution in [1.82, 2.24) is 0 Å². The highest BCUT2D eigenvalue weighted by molar-refractivity contribution is 6.39. The number of anilines is 1. The van der Waals surface area contributed by atoms with Crippen LogP contribution in [0.15, 0.2) is 18.2 Å². The summed E-state index contributed by atoms with van der Waals surface area (Å²) >= 11 is 5.85. The van der Waals surface area contributed by atoms with Crippen molar-refractivity contribution in [2.75, 3.05) is 19.5 Å². The van der Waals surface area contributed by atoms with E-state index in [1.165, 1.54) is 18.2 Å². The third kappa shape index (κ3) is 4.14. The van der Waals surface area contributed by atoms with Crippen molar-refractivity contribution in [3.8, 4) is 5.75 Å². The summed E-state index contributed by atoms with van der Waals surface area (Å²) in [6, 6.07) is 4.02. The second kappa shape index (κ2) is 6.60. The molecule has 1 rings (SSSR count). The van der Waals surface area contributed by atoms with Gasteiger partial charge in [-0.05, 0) is 12.1 Å². The molecule has 0 radical (unpaired) electrons. The molecule has 8 heteroatoms. The van der Waals surface area contributed by atoms with Gasteiger partial charge in [0.15, 0.2) is 0 Å². The van der Waals surface area contributed by atoms with Gasteiger partial charge in [0.25, 0.3) is 0 Å². The molecule has 0 aliphatic heterocycles. The summed E-state index contributed by atoms with van der Waals surface area (Å²) in [5, 5.41) is 2.32. The van der Waals surface area contributed by atoms with Crippen LogP contribution in [-0.4, -0.2) is 32.3 Å². The van der Waals surface area contributed by atoms with Gasteiger partial charge in [0.2, 0.25) is 0 Å². The minimum absolute atomic E-state index is 0.0821. The first kappa shape index (κ1) is 14.8. The molecule has 1 N–H and O–H groups in total. The van der Waals surface area contributed by atoms with E-state index in [1.54, 1.807) is 0 Å². The number of carbonyl (C=O) groups excluding carboxylic acids is 3. The van der Waals surface area contributed by atoms with Gasteiger partial charge >= 0.3 is 18.0 Å². The smallest absolute Gasteiger partial charge is 0.462 e. The number of rotatable bonds is 2. The highest BCUT2D eigenvalue weighted by Gasteiger charge is 2.16. The SMILES string of the molecule is COC(=O)Oc1ccc(NC(=O)C(=O)OC)c(Cl)c1. The van der Waals surface area contributed by atoms with Crippen molar-refractivity contribution in [3.05, 3.63) is 23.2 Å². The van der Waals surface area contributed by atoms with E-state index >= 15 is 0 Å². The van der Waals surface area contributed by atoms with E-state index < -0.39 is 18.0 Å². The zero-order valence-corrected chi connectivity index (χ0v) is 10.8. The van der Waals surface area contributed by atoms with E-state index in [4.69, 9.17) is 16.3 Å². The summed E-state index contributed by atoms with van der Waals surface area (Å²) in [6.07, 6.45) is -0.901. The maximum atomic E-state index is 11.3. The van der Waals surface area contributed by atoms with Gasteiger partial charge in [0, 0.05) is 6.07 Å². The molecule has 0 fully saturated rings. The maximum Gasteiger partial charge on any atom is 0.513 e. The van der Waals surface area contributed by atoms with Crippen LogP contribution in [0.2, 0.25) is 5.02 Å². The molecule has 1 amide bonds. The standard InChI is InChI=1S/C11H10ClNO6/c1-17-10(15)9(14)13-8-4-3-6(5-7(8)12)19-11(16)18-2/h3-5H,1-2H3,(H,13,14). The number of hydrogen-bond donors (Lipinski definition) is 1. The number of methoxy groups -OCH3 is 2. The van der Waals surface area contributed by atoms with E-state index in [0.29, 0.717) is 0 Å². The highest BCUT2D eigenvalue weighted by Crippen LogP contribution is 2.27. The normalized spacial score (nSPS) is 9.42. The average molecular weight is 288 g/mol. The number of carbonyl (C=O) groups is 3. The van der Waals surface area contributed by atoms with Gasteiger partial charge in [-0.15, -0.1) is 0 Å². The molecule has 0 heterocycles. The summed E-state index contributed by atoms with van der Waals surface area (Å²) in [4.78, 5) is 33.0. The second-order valence-electron chi connectivity index (χ2n) is 3.14. The van der Waals surface area contributed by atoms with Gasteiger partial charge in [-0.2, -0.15) is 0 Å². The lowest BCUT2D eigenvalue weighted by molar-refractivity contribution is -0.150. The van der Waals surface area contributed by atoms with Gasteiger partial charge in [-0.1, -0.05) is 11.6 Å². The van der Waals surface area contributed by atoms with Gasteiger partial charge in [0.1, 0.15) is 5.75 Å². The highest BCUT2D eigenvalue weighted by atomic mass is 35.5. The zero-order chi connectivity index (χ0) is 14.4. The lowest BCUT2D eigenvalue weighted by Crippen LogP contribution is -2.23. The molecule has 0 saturated carbocycles. The summed E-state index contributed by atoms with van der Waals surface area (Å²) < 4.78 is 13.3. The number of benzene rings is 1. The fourth-order valence-electron chi connectivity index (χ4n) is 1.06. The molecule has 0 aliphatic carbocycles. The summed E-state index contributed by atoms with van der Waals surface area (Å²) in [6.45, 7) is 0. The number of esters is 1. The Morgan fingerprint density at radius 3 is 2.37 bits per heavy atom. The molecule has 1 aromatic rings. The molecule has 0 atom stereocenters. The Labute approximate surface area is 113 Å². The largest absolute Gasteiger partial charge is 0.513 e. The van der Waals surface area contributed by atoms with Crippen molar-refractivity contribution in [2.24, 2.45) is 0 Å². The van der Waals surface area contributed by atoms with Gasteiger partial charge in [0.05, 0.1) is 24.9 Å². The minimum Gasteiger partial charge on any atom is -0.462 e. The first-order chi connectivity index (χ1) is 8.97. The number of hydrogen-bond acceptors (Lipinski definition) is 6. The summed E-state index contributed by atoms with van der Waals surface area (Å²) in [7, 11) is 2.24. The van der Waals surface area contributed by atoms with Crippen LogP contribution < -0.4 is 10.1 Å². The third-order valence-corrected chi connectivity index (χ3v) is 2.24. The number of amides is 1. The monoisotopic (exact) mass is 287 g/mol. The van der Waals surface area contributed by atoms with E-state index in [9.17, 15) is 14.4 Å². The number of nitrogens with one attached hydrogen (secondary N) is 1. The third-order valence-electron chi connectivity index (χ3n) is 1.93. The van der Waals surface area contributed by atoms with E-state index in [2.05, 4.69) is 14.8 Å². The summed E-state index contributed by atoms with van der Waals surface area (Å²) in [5.74, 6) is -1.88. The Morgan fingerprint density at radius 1 is 1.16 bits per heavy atom. The van der Waals surface area contributed by atoms with Crippen LogP contribution in [0.4, 0.5) is 10.5 Å². The Balaban J connectivity index is 2.80. The molecule has 102 valence electrons.